The van der Waals surface area contributed by atoms with Gasteiger partial charge >= 0.3 is 0 Å². The van der Waals surface area contributed by atoms with Crippen LogP contribution in [-0.4, -0.2) is 34.4 Å². The summed E-state index contributed by atoms with van der Waals surface area (Å²) in [7, 11) is 0. The second kappa shape index (κ2) is 9.04. The van der Waals surface area contributed by atoms with Gasteiger partial charge in [-0.2, -0.15) is 0 Å². The Morgan fingerprint density at radius 3 is 2.39 bits per heavy atom. The molecule has 4 aliphatic rings. The van der Waals surface area contributed by atoms with Crippen LogP contribution in [0.5, 0.6) is 0 Å². The molecule has 0 aromatic carbocycles. The fourth-order valence-corrected chi connectivity index (χ4v) is 9.37. The maximum absolute atomic E-state index is 15.5. The molecule has 2 N–H and O–H groups in total. The van der Waals surface area contributed by atoms with Gasteiger partial charge in [-0.1, -0.05) is 48.0 Å². The number of alkyl halides is 1. The summed E-state index contributed by atoms with van der Waals surface area (Å²) in [6.07, 6.45) is 6.34. The lowest BCUT2D eigenvalue weighted by molar-refractivity contribution is -0.120. The lowest BCUT2D eigenvalue weighted by Crippen LogP contribution is -2.54. The van der Waals surface area contributed by atoms with Crippen LogP contribution in [0.3, 0.4) is 0 Å². The van der Waals surface area contributed by atoms with Gasteiger partial charge < -0.3 is 10.2 Å². The Bertz CT molecular complexity index is 777. The van der Waals surface area contributed by atoms with Gasteiger partial charge in [0, 0.05) is 6.42 Å². The van der Waals surface area contributed by atoms with Gasteiger partial charge in [0.1, 0.15) is 6.17 Å². The zero-order valence-corrected chi connectivity index (χ0v) is 21.7. The van der Waals surface area contributed by atoms with E-state index in [1.54, 1.807) is 6.08 Å². The predicted molar refractivity (Wildman–Crippen MR) is 130 cm³/mol. The molecule has 0 aliphatic heterocycles. The van der Waals surface area contributed by atoms with Crippen LogP contribution in [0, 0.1) is 52.3 Å². The first-order valence-electron chi connectivity index (χ1n) is 13.7. The normalized spacial score (nSPS) is 44.4. The van der Waals surface area contributed by atoms with E-state index in [0.29, 0.717) is 42.4 Å². The summed E-state index contributed by atoms with van der Waals surface area (Å²) in [6.45, 7) is 13.1. The summed E-state index contributed by atoms with van der Waals surface area (Å²) < 4.78 is 15.5. The highest BCUT2D eigenvalue weighted by molar-refractivity contribution is 5.91. The lowest BCUT2D eigenvalue weighted by Gasteiger charge is -2.59. The van der Waals surface area contributed by atoms with Gasteiger partial charge in [0.05, 0.1) is 12.2 Å². The van der Waals surface area contributed by atoms with Crippen molar-refractivity contribution in [1.82, 2.24) is 0 Å². The van der Waals surface area contributed by atoms with Gasteiger partial charge in [-0.25, -0.2) is 4.39 Å². The third kappa shape index (κ3) is 3.96. The van der Waals surface area contributed by atoms with Crippen LogP contribution < -0.4 is 0 Å². The van der Waals surface area contributed by atoms with E-state index in [1.165, 1.54) is 0 Å². The van der Waals surface area contributed by atoms with Crippen molar-refractivity contribution < 1.29 is 19.4 Å². The molecule has 3 saturated carbocycles. The molecule has 4 heteroatoms. The van der Waals surface area contributed by atoms with E-state index in [0.717, 1.165) is 44.1 Å². The molecule has 0 bridgehead atoms. The van der Waals surface area contributed by atoms with Crippen molar-refractivity contribution in [3.63, 3.8) is 0 Å². The topological polar surface area (TPSA) is 57.5 Å². The van der Waals surface area contributed by atoms with E-state index in [1.807, 2.05) is 0 Å². The highest BCUT2D eigenvalue weighted by atomic mass is 19.1. The van der Waals surface area contributed by atoms with Gasteiger partial charge in [-0.15, -0.1) is 0 Å². The summed E-state index contributed by atoms with van der Waals surface area (Å²) in [5.41, 5.74) is 0.690. The molecule has 3 nitrogen and oxygen atoms in total. The maximum Gasteiger partial charge on any atom is 0.155 e. The maximum atomic E-state index is 15.5. The first-order valence-corrected chi connectivity index (χ1v) is 13.7. The Morgan fingerprint density at radius 1 is 1.06 bits per heavy atom. The molecule has 4 aliphatic carbocycles. The lowest BCUT2D eigenvalue weighted by atomic mass is 9.46. The summed E-state index contributed by atoms with van der Waals surface area (Å²) in [5, 5.41) is 22.3. The molecule has 33 heavy (non-hydrogen) atoms. The van der Waals surface area contributed by atoms with Gasteiger partial charge in [0.25, 0.3) is 0 Å². The predicted octanol–water partition coefficient (Wildman–Crippen LogP) is 6.12. The number of rotatable bonds is 6. The smallest absolute Gasteiger partial charge is 0.155 e. The average Bonchev–Trinajstić information content (AvgIpc) is 3.11. The molecule has 0 saturated heterocycles. The number of carbonyl (C=O) groups excluding carboxylic acids is 1. The minimum absolute atomic E-state index is 0.0301. The zero-order chi connectivity index (χ0) is 24.3. The van der Waals surface area contributed by atoms with Gasteiger partial charge in [0.2, 0.25) is 0 Å². The minimum Gasteiger partial charge on any atom is -0.390 e. The highest BCUT2D eigenvalue weighted by Gasteiger charge is 2.61. The molecule has 0 radical (unpaired) electrons. The van der Waals surface area contributed by atoms with Crippen LogP contribution in [0.1, 0.15) is 92.9 Å². The van der Waals surface area contributed by atoms with Crippen molar-refractivity contribution in [2.45, 2.75) is 111 Å². The zero-order valence-electron chi connectivity index (χ0n) is 21.7. The second-order valence-corrected chi connectivity index (χ2v) is 12.9. The molecule has 0 unspecified atom stereocenters. The largest absolute Gasteiger partial charge is 0.390 e. The van der Waals surface area contributed by atoms with E-state index in [2.05, 4.69) is 41.5 Å². The van der Waals surface area contributed by atoms with Gasteiger partial charge in [-0.3, -0.25) is 4.79 Å². The third-order valence-corrected chi connectivity index (χ3v) is 11.3. The fraction of sp³-hybridized carbons (Fsp3) is 0.897. The van der Waals surface area contributed by atoms with Gasteiger partial charge in [0.15, 0.2) is 5.78 Å². The van der Waals surface area contributed by atoms with Gasteiger partial charge in [-0.05, 0) is 102 Å². The van der Waals surface area contributed by atoms with Crippen LogP contribution in [0.15, 0.2) is 11.6 Å². The van der Waals surface area contributed by atoms with Crippen molar-refractivity contribution in [1.29, 1.82) is 0 Å². The number of ketones is 1. The molecule has 0 aromatic rings. The standard InChI is InChI=1S/C29H47FO3/c1-7-19(16(2)3)27(33)26(32)17(4)21-8-9-22-20-15-25(30)24-14-18(31)10-12-29(24,6)23(20)11-13-28(21,22)5/h14,16-17,19-23,25-27,32-33H,7-13,15H2,1-6H3/t17-,19+,20+,21-,22+,23+,25+,26-,27+,28-,29-/m1/s1. The molecular formula is C29H47FO3. The van der Waals surface area contributed by atoms with Crippen LogP contribution in [0.25, 0.3) is 0 Å². The third-order valence-electron chi connectivity index (χ3n) is 11.3. The van der Waals surface area contributed by atoms with E-state index in [4.69, 9.17) is 0 Å². The van der Waals surface area contributed by atoms with Crippen molar-refractivity contribution >= 4 is 5.78 Å². The molecule has 0 spiro atoms. The Morgan fingerprint density at radius 2 is 1.76 bits per heavy atom. The minimum atomic E-state index is -0.997. The van der Waals surface area contributed by atoms with Crippen LogP contribution in [0.4, 0.5) is 4.39 Å². The Kier molecular flexibility index (Phi) is 6.95. The monoisotopic (exact) mass is 462 g/mol. The summed E-state index contributed by atoms with van der Waals surface area (Å²) in [6, 6.07) is 0. The van der Waals surface area contributed by atoms with E-state index in [-0.39, 0.29) is 28.4 Å². The Balaban J connectivity index is 1.56. The van der Waals surface area contributed by atoms with Crippen molar-refractivity contribution in [2.24, 2.45) is 52.3 Å². The van der Waals surface area contributed by atoms with Crippen LogP contribution in [0.2, 0.25) is 0 Å². The van der Waals surface area contributed by atoms with Crippen LogP contribution in [-0.2, 0) is 4.79 Å². The Hall–Kier alpha value is -0.740. The number of aliphatic hydroxyl groups excluding tert-OH is 2. The summed E-state index contributed by atoms with van der Waals surface area (Å²) in [5.74, 6) is 2.20. The van der Waals surface area contributed by atoms with Crippen molar-refractivity contribution in [3.8, 4) is 0 Å². The first-order chi connectivity index (χ1) is 15.5. The summed E-state index contributed by atoms with van der Waals surface area (Å²) >= 11 is 0. The van der Waals surface area contributed by atoms with Crippen molar-refractivity contribution in [3.05, 3.63) is 11.6 Å². The molecule has 4 rings (SSSR count). The van der Waals surface area contributed by atoms with E-state index < -0.39 is 18.4 Å². The number of hydrogen-bond donors (Lipinski definition) is 2. The van der Waals surface area contributed by atoms with E-state index in [9.17, 15) is 15.0 Å². The number of allylic oxidation sites excluding steroid dienone is 1. The van der Waals surface area contributed by atoms with E-state index >= 15 is 4.39 Å². The molecule has 0 heterocycles. The average molecular weight is 463 g/mol. The number of aliphatic hydroxyl groups is 2. The van der Waals surface area contributed by atoms with Crippen LogP contribution >= 0.6 is 0 Å². The molecular weight excluding hydrogens is 415 g/mol. The number of fused-ring (bicyclic) bond motifs is 5. The number of carbonyl (C=O) groups is 1. The molecule has 0 amide bonds. The molecule has 0 aromatic heterocycles. The Labute approximate surface area is 200 Å². The molecule has 3 fully saturated rings. The quantitative estimate of drug-likeness (QED) is 0.500. The second-order valence-electron chi connectivity index (χ2n) is 12.9. The summed E-state index contributed by atoms with van der Waals surface area (Å²) in [4.78, 5) is 12.1. The fourth-order valence-electron chi connectivity index (χ4n) is 9.37. The highest BCUT2D eigenvalue weighted by Crippen LogP contribution is 2.68. The SMILES string of the molecule is CC[C@@H](C(C)C)[C@H](O)[C@H](O)[C@H](C)[C@H]1CC[C@H]2[C@@H]3C[C@H](F)C4=CC(=O)CC[C@]4(C)[C@H]3CC[C@]12C. The molecule has 188 valence electrons. The number of hydrogen-bond acceptors (Lipinski definition) is 3. The first kappa shape index (κ1) is 25.4. The van der Waals surface area contributed by atoms with Crippen molar-refractivity contribution in [2.75, 3.05) is 0 Å². The number of halogens is 1. The molecule has 11 atom stereocenters.